The van der Waals surface area contributed by atoms with Gasteiger partial charge in [-0.3, -0.25) is 4.79 Å². The molecule has 30 heavy (non-hydrogen) atoms. The second kappa shape index (κ2) is 8.08. The van der Waals surface area contributed by atoms with Crippen LogP contribution in [0.15, 0.2) is 48.5 Å². The van der Waals surface area contributed by atoms with Crippen LogP contribution in [0.2, 0.25) is 0 Å². The number of rotatable bonds is 4. The molecule has 5 rings (SSSR count). The molecule has 0 aliphatic heterocycles. The summed E-state index contributed by atoms with van der Waals surface area (Å²) in [6, 6.07) is 18.3. The Bertz CT molecular complexity index is 1150. The highest BCUT2D eigenvalue weighted by molar-refractivity contribution is 7.18. The Balaban J connectivity index is 0.00000106. The zero-order valence-corrected chi connectivity index (χ0v) is 18.5. The minimum Gasteiger partial charge on any atom is -0.490 e. The van der Waals surface area contributed by atoms with Crippen molar-refractivity contribution >= 4 is 17.1 Å². The highest BCUT2D eigenvalue weighted by atomic mass is 32.1. The Morgan fingerprint density at radius 2 is 1.77 bits per heavy atom. The van der Waals surface area contributed by atoms with Crippen LogP contribution in [0.5, 0.6) is 5.75 Å². The van der Waals surface area contributed by atoms with Gasteiger partial charge in [0.1, 0.15) is 11.8 Å². The summed E-state index contributed by atoms with van der Waals surface area (Å²) in [4.78, 5) is 14.7. The monoisotopic (exact) mass is 415 g/mol. The summed E-state index contributed by atoms with van der Waals surface area (Å²) in [6.07, 6.45) is 1.03. The number of benzene rings is 2. The molecule has 1 heterocycles. The summed E-state index contributed by atoms with van der Waals surface area (Å²) in [7, 11) is 0. The van der Waals surface area contributed by atoms with E-state index in [4.69, 9.17) is 4.74 Å². The van der Waals surface area contributed by atoms with Crippen LogP contribution in [-0.4, -0.2) is 11.9 Å². The second-order valence-electron chi connectivity index (χ2n) is 7.73. The van der Waals surface area contributed by atoms with Gasteiger partial charge in [0.15, 0.2) is 5.78 Å². The minimum atomic E-state index is 0.0282. The van der Waals surface area contributed by atoms with Crippen molar-refractivity contribution in [3.05, 3.63) is 65.2 Å². The van der Waals surface area contributed by atoms with Crippen LogP contribution in [0.25, 0.3) is 20.9 Å². The van der Waals surface area contributed by atoms with E-state index in [9.17, 15) is 10.1 Å². The van der Waals surface area contributed by atoms with E-state index in [1.54, 1.807) is 11.3 Å². The zero-order valence-electron chi connectivity index (χ0n) is 17.7. The molecule has 1 aromatic heterocycles. The van der Waals surface area contributed by atoms with Gasteiger partial charge in [-0.25, -0.2) is 0 Å². The molecule has 0 spiro atoms. The van der Waals surface area contributed by atoms with E-state index in [0.717, 1.165) is 22.4 Å². The summed E-state index contributed by atoms with van der Waals surface area (Å²) in [5.74, 6) is 1.58. The number of carbonyl (C=O) groups excluding carboxylic acids is 1. The number of carbonyl (C=O) groups is 1. The highest BCUT2D eigenvalue weighted by Crippen LogP contribution is 2.59. The lowest BCUT2D eigenvalue weighted by atomic mass is 9.98. The molecule has 2 aromatic carbocycles. The maximum atomic E-state index is 12.4. The molecule has 0 radical (unpaired) electrons. The summed E-state index contributed by atoms with van der Waals surface area (Å²) < 4.78 is 5.73. The molecule has 3 aromatic rings. The van der Waals surface area contributed by atoms with Gasteiger partial charge in [-0.2, -0.15) is 5.26 Å². The average molecular weight is 416 g/mol. The van der Waals surface area contributed by atoms with Gasteiger partial charge >= 0.3 is 0 Å². The van der Waals surface area contributed by atoms with Crippen molar-refractivity contribution < 1.29 is 9.53 Å². The SMILES string of the molecule is CC.CC(C)Oc1ccc(-c2ccc(-c3cccc4c3C3CC3C4=O)s2)cc1C#N. The topological polar surface area (TPSA) is 50.1 Å². The van der Waals surface area contributed by atoms with Crippen molar-refractivity contribution in [1.29, 1.82) is 5.26 Å². The van der Waals surface area contributed by atoms with Crippen molar-refractivity contribution in [1.82, 2.24) is 0 Å². The van der Waals surface area contributed by atoms with Gasteiger partial charge in [-0.05, 0) is 73.2 Å². The number of Topliss-reactive ketones (excluding diaryl/α,β-unsaturated/α-hetero) is 1. The van der Waals surface area contributed by atoms with E-state index in [2.05, 4.69) is 24.3 Å². The van der Waals surface area contributed by atoms with Crippen molar-refractivity contribution in [2.24, 2.45) is 5.92 Å². The Labute approximate surface area is 181 Å². The van der Waals surface area contributed by atoms with Gasteiger partial charge in [-0.15, -0.1) is 11.3 Å². The van der Waals surface area contributed by atoms with Crippen LogP contribution >= 0.6 is 11.3 Å². The summed E-state index contributed by atoms with van der Waals surface area (Å²) in [5, 5.41) is 9.49. The quantitative estimate of drug-likeness (QED) is 0.458. The predicted molar refractivity (Wildman–Crippen MR) is 122 cm³/mol. The highest BCUT2D eigenvalue weighted by Gasteiger charge is 2.52. The predicted octanol–water partition coefficient (Wildman–Crippen LogP) is 7.07. The first-order valence-corrected chi connectivity index (χ1v) is 11.4. The molecule has 0 N–H and O–H groups in total. The van der Waals surface area contributed by atoms with Gasteiger partial charge < -0.3 is 4.74 Å². The maximum Gasteiger partial charge on any atom is 0.166 e. The lowest BCUT2D eigenvalue weighted by molar-refractivity contribution is 0.0974. The molecule has 0 amide bonds. The fourth-order valence-electron chi connectivity index (χ4n) is 4.16. The lowest BCUT2D eigenvalue weighted by Gasteiger charge is -2.11. The Hall–Kier alpha value is -2.90. The fraction of sp³-hybridized carbons (Fsp3) is 0.308. The third kappa shape index (κ3) is 3.44. The lowest BCUT2D eigenvalue weighted by Crippen LogP contribution is -2.06. The number of ketones is 1. The Kier molecular flexibility index (Phi) is 5.49. The van der Waals surface area contributed by atoms with Gasteiger partial charge in [0.25, 0.3) is 0 Å². The number of hydrogen-bond donors (Lipinski definition) is 0. The molecule has 0 bridgehead atoms. The van der Waals surface area contributed by atoms with Gasteiger partial charge in [0.05, 0.1) is 11.7 Å². The molecular formula is C26H25NO2S. The van der Waals surface area contributed by atoms with E-state index in [0.29, 0.717) is 23.0 Å². The third-order valence-corrected chi connectivity index (χ3v) is 6.66. The van der Waals surface area contributed by atoms with Crippen LogP contribution in [0, 0.1) is 17.2 Å². The second-order valence-corrected chi connectivity index (χ2v) is 8.82. The van der Waals surface area contributed by atoms with Gasteiger partial charge in [-0.1, -0.05) is 32.0 Å². The van der Waals surface area contributed by atoms with E-state index in [1.807, 2.05) is 58.0 Å². The molecule has 1 saturated carbocycles. The molecule has 2 aliphatic rings. The number of hydrogen-bond acceptors (Lipinski definition) is 4. The molecular weight excluding hydrogens is 390 g/mol. The Morgan fingerprint density at radius 1 is 1.03 bits per heavy atom. The normalized spacial score (nSPS) is 18.2. The summed E-state index contributed by atoms with van der Waals surface area (Å²) in [5.41, 5.74) is 4.90. The van der Waals surface area contributed by atoms with E-state index < -0.39 is 0 Å². The smallest absolute Gasteiger partial charge is 0.166 e. The third-order valence-electron chi connectivity index (χ3n) is 5.49. The molecule has 2 unspecified atom stereocenters. The summed E-state index contributed by atoms with van der Waals surface area (Å²) in [6.45, 7) is 7.90. The molecule has 2 aliphatic carbocycles. The van der Waals surface area contributed by atoms with Crippen LogP contribution < -0.4 is 4.74 Å². The van der Waals surface area contributed by atoms with Gasteiger partial charge in [0, 0.05) is 21.2 Å². The average Bonchev–Trinajstić information content (AvgIpc) is 3.31. The van der Waals surface area contributed by atoms with Crippen molar-refractivity contribution in [3.8, 4) is 32.7 Å². The van der Waals surface area contributed by atoms with Crippen molar-refractivity contribution in [2.45, 2.75) is 46.1 Å². The number of nitriles is 1. The van der Waals surface area contributed by atoms with Crippen molar-refractivity contribution in [3.63, 3.8) is 0 Å². The zero-order chi connectivity index (χ0) is 21.4. The molecule has 152 valence electrons. The number of thiophene rings is 1. The van der Waals surface area contributed by atoms with Gasteiger partial charge in [0.2, 0.25) is 0 Å². The van der Waals surface area contributed by atoms with Crippen LogP contribution in [0.3, 0.4) is 0 Å². The largest absolute Gasteiger partial charge is 0.490 e. The molecule has 1 fully saturated rings. The van der Waals surface area contributed by atoms with Crippen molar-refractivity contribution in [2.75, 3.05) is 0 Å². The van der Waals surface area contributed by atoms with E-state index in [1.165, 1.54) is 16.0 Å². The number of ether oxygens (including phenoxy) is 1. The molecule has 3 nitrogen and oxygen atoms in total. The summed E-state index contributed by atoms with van der Waals surface area (Å²) >= 11 is 1.70. The maximum absolute atomic E-state index is 12.4. The number of fused-ring (bicyclic) bond motifs is 3. The molecule has 2 atom stereocenters. The van der Waals surface area contributed by atoms with E-state index in [-0.39, 0.29) is 12.0 Å². The minimum absolute atomic E-state index is 0.0282. The van der Waals surface area contributed by atoms with Crippen LogP contribution in [0.1, 0.15) is 61.5 Å². The first-order valence-electron chi connectivity index (χ1n) is 10.6. The Morgan fingerprint density at radius 3 is 2.50 bits per heavy atom. The molecule has 4 heteroatoms. The number of nitrogens with zero attached hydrogens (tertiary/aromatic N) is 1. The first kappa shape index (κ1) is 20.4. The standard InChI is InChI=1S/C24H19NO2S.C2H6/c1-13(2)27-20-7-6-14(10-15(20)12-25)21-8-9-22(28-21)16-4-3-5-17-23(16)18-11-19(18)24(17)26;1-2/h3-10,13,18-19H,11H2,1-2H3;1-2H3. The van der Waals surface area contributed by atoms with E-state index >= 15 is 0 Å². The van der Waals surface area contributed by atoms with Crippen LogP contribution in [-0.2, 0) is 0 Å². The fourth-order valence-corrected chi connectivity index (χ4v) is 5.20. The molecule has 0 saturated heterocycles. The van der Waals surface area contributed by atoms with Crippen LogP contribution in [0.4, 0.5) is 0 Å². The first-order chi connectivity index (χ1) is 14.6.